The third kappa shape index (κ3) is 4.47. The average Bonchev–Trinajstić information content (AvgIpc) is 3.28. The number of anilines is 2. The second-order valence-electron chi connectivity index (χ2n) is 7.24. The van der Waals surface area contributed by atoms with Crippen LogP contribution in [0.3, 0.4) is 0 Å². The first kappa shape index (κ1) is 22.2. The molecule has 168 valence electrons. The van der Waals surface area contributed by atoms with Crippen molar-refractivity contribution in [2.45, 2.75) is 11.3 Å². The number of fused-ring (bicyclic) bond motifs is 1. The van der Waals surface area contributed by atoms with Crippen molar-refractivity contribution in [3.05, 3.63) is 77.9 Å². The van der Waals surface area contributed by atoms with Gasteiger partial charge in [-0.2, -0.15) is 5.26 Å². The first-order valence-electron chi connectivity index (χ1n) is 10.1. The lowest BCUT2D eigenvalue weighted by Crippen LogP contribution is -2.29. The number of rotatable bonds is 7. The fraction of sp³-hybridized carbons (Fsp3) is 0.167. The fourth-order valence-electron chi connectivity index (χ4n) is 3.66. The van der Waals surface area contributed by atoms with Gasteiger partial charge in [0.2, 0.25) is 0 Å². The molecule has 0 fully saturated rings. The van der Waals surface area contributed by atoms with Gasteiger partial charge in [0.15, 0.2) is 6.61 Å². The van der Waals surface area contributed by atoms with Gasteiger partial charge in [0.25, 0.3) is 15.9 Å². The topological polar surface area (TPSA) is 109 Å². The Kier molecular flexibility index (Phi) is 6.20. The number of hydrogen-bond donors (Lipinski definition) is 1. The molecular weight excluding hydrogens is 442 g/mol. The van der Waals surface area contributed by atoms with E-state index in [-0.39, 0.29) is 22.8 Å². The van der Waals surface area contributed by atoms with E-state index in [1.165, 1.54) is 29.6 Å². The largest absolute Gasteiger partial charge is 0.496 e. The lowest BCUT2D eigenvalue weighted by Gasteiger charge is -2.20. The third-order valence-corrected chi connectivity index (χ3v) is 7.07. The number of carbonyl (C=O) groups excluding carboxylic acids is 1. The van der Waals surface area contributed by atoms with Crippen LogP contribution in [0, 0.1) is 11.3 Å². The molecule has 8 nitrogen and oxygen atoms in total. The molecule has 0 aromatic heterocycles. The van der Waals surface area contributed by atoms with Crippen molar-refractivity contribution in [1.29, 1.82) is 5.26 Å². The van der Waals surface area contributed by atoms with Crippen molar-refractivity contribution in [1.82, 2.24) is 0 Å². The number of sulfonamides is 1. The van der Waals surface area contributed by atoms with Gasteiger partial charge in [-0.1, -0.05) is 18.2 Å². The van der Waals surface area contributed by atoms with Crippen molar-refractivity contribution in [2.24, 2.45) is 0 Å². The average molecular weight is 464 g/mol. The molecule has 0 atom stereocenters. The van der Waals surface area contributed by atoms with Gasteiger partial charge >= 0.3 is 0 Å². The van der Waals surface area contributed by atoms with E-state index in [2.05, 4.69) is 5.32 Å². The molecule has 1 aliphatic rings. The van der Waals surface area contributed by atoms with Crippen LogP contribution in [0.5, 0.6) is 11.5 Å². The summed E-state index contributed by atoms with van der Waals surface area (Å²) in [6.45, 7) is 0.265. The number of benzene rings is 3. The maximum atomic E-state index is 13.4. The summed E-state index contributed by atoms with van der Waals surface area (Å²) in [7, 11) is -2.45. The summed E-state index contributed by atoms with van der Waals surface area (Å²) in [5.74, 6) is 0.227. The number of nitrogens with one attached hydrogen (secondary N) is 1. The normalized spacial score (nSPS) is 12.5. The fourth-order valence-corrected chi connectivity index (χ4v) is 5.19. The van der Waals surface area contributed by atoms with E-state index in [4.69, 9.17) is 14.7 Å². The monoisotopic (exact) mass is 463 g/mol. The maximum Gasteiger partial charge on any atom is 0.264 e. The number of methoxy groups -OCH3 is 1. The predicted octanol–water partition coefficient (Wildman–Crippen LogP) is 3.60. The number of ether oxygens (including phenoxy) is 2. The van der Waals surface area contributed by atoms with Crippen LogP contribution < -0.4 is 19.1 Å². The molecule has 0 bridgehead atoms. The summed E-state index contributed by atoms with van der Waals surface area (Å²) in [5, 5.41) is 11.3. The Morgan fingerprint density at radius 2 is 1.88 bits per heavy atom. The predicted molar refractivity (Wildman–Crippen MR) is 123 cm³/mol. The summed E-state index contributed by atoms with van der Waals surface area (Å²) in [4.78, 5) is 13.0. The minimum Gasteiger partial charge on any atom is -0.496 e. The van der Waals surface area contributed by atoms with Gasteiger partial charge in [0, 0.05) is 12.2 Å². The Labute approximate surface area is 192 Å². The van der Waals surface area contributed by atoms with Crippen LogP contribution in [0.2, 0.25) is 0 Å². The van der Waals surface area contributed by atoms with Gasteiger partial charge in [0.1, 0.15) is 17.6 Å². The molecule has 0 saturated carbocycles. The summed E-state index contributed by atoms with van der Waals surface area (Å²) in [6, 6.07) is 20.0. The molecule has 0 saturated heterocycles. The van der Waals surface area contributed by atoms with Gasteiger partial charge in [-0.15, -0.1) is 0 Å². The molecule has 9 heteroatoms. The van der Waals surface area contributed by atoms with E-state index >= 15 is 0 Å². The summed E-state index contributed by atoms with van der Waals surface area (Å²) < 4.78 is 38.6. The Hall–Kier alpha value is -4.03. The van der Waals surface area contributed by atoms with Crippen LogP contribution in [0.4, 0.5) is 11.4 Å². The molecule has 1 amide bonds. The highest BCUT2D eigenvalue weighted by Gasteiger charge is 2.31. The molecule has 1 N–H and O–H groups in total. The van der Waals surface area contributed by atoms with Crippen LogP contribution in [0.15, 0.2) is 71.6 Å². The molecule has 0 aliphatic carbocycles. The van der Waals surface area contributed by atoms with Crippen LogP contribution in [0.25, 0.3) is 0 Å². The smallest absolute Gasteiger partial charge is 0.264 e. The lowest BCUT2D eigenvalue weighted by atomic mass is 10.2. The third-order valence-electron chi connectivity index (χ3n) is 5.26. The molecule has 1 heterocycles. The Morgan fingerprint density at radius 1 is 1.12 bits per heavy atom. The number of nitrogens with zero attached hydrogens (tertiary/aromatic N) is 2. The second-order valence-corrected chi connectivity index (χ2v) is 9.11. The quantitative estimate of drug-likeness (QED) is 0.574. The molecule has 0 radical (unpaired) electrons. The number of nitriles is 1. The van der Waals surface area contributed by atoms with Crippen molar-refractivity contribution >= 4 is 27.3 Å². The molecule has 4 rings (SSSR count). The first-order chi connectivity index (χ1) is 15.9. The van der Waals surface area contributed by atoms with Gasteiger partial charge in [-0.05, 0) is 60.5 Å². The Balaban J connectivity index is 1.61. The van der Waals surface area contributed by atoms with E-state index < -0.39 is 15.9 Å². The summed E-state index contributed by atoms with van der Waals surface area (Å²) >= 11 is 0. The zero-order valence-corrected chi connectivity index (χ0v) is 18.6. The van der Waals surface area contributed by atoms with Gasteiger partial charge in [-0.3, -0.25) is 9.10 Å². The lowest BCUT2D eigenvalue weighted by molar-refractivity contribution is 0.102. The van der Waals surface area contributed by atoms with E-state index in [9.17, 15) is 13.2 Å². The molecule has 3 aromatic carbocycles. The molecule has 1 aliphatic heterocycles. The summed E-state index contributed by atoms with van der Waals surface area (Å²) in [6.07, 6.45) is 0.632. The Morgan fingerprint density at radius 3 is 2.61 bits per heavy atom. The van der Waals surface area contributed by atoms with Crippen LogP contribution in [0.1, 0.15) is 15.9 Å². The van der Waals surface area contributed by atoms with E-state index in [1.807, 2.05) is 18.2 Å². The summed E-state index contributed by atoms with van der Waals surface area (Å²) in [5.41, 5.74) is 2.19. The minimum atomic E-state index is -3.87. The van der Waals surface area contributed by atoms with Crippen molar-refractivity contribution in [2.75, 3.05) is 29.9 Å². The van der Waals surface area contributed by atoms with E-state index in [1.54, 1.807) is 36.4 Å². The first-order valence-corrected chi connectivity index (χ1v) is 11.6. The zero-order chi connectivity index (χ0) is 23.4. The molecule has 33 heavy (non-hydrogen) atoms. The maximum absolute atomic E-state index is 13.4. The van der Waals surface area contributed by atoms with Gasteiger partial charge in [0.05, 0.1) is 23.3 Å². The van der Waals surface area contributed by atoms with Crippen LogP contribution in [-0.4, -0.2) is 34.6 Å². The van der Waals surface area contributed by atoms with Crippen LogP contribution >= 0.6 is 0 Å². The van der Waals surface area contributed by atoms with E-state index in [0.29, 0.717) is 30.1 Å². The zero-order valence-electron chi connectivity index (χ0n) is 17.8. The SMILES string of the molecule is COc1ccc(S(=O)(=O)N2CCc3ccccc32)cc1C(=O)Nc1ccc(OCC#N)cc1. The number of para-hydroxylation sites is 1. The van der Waals surface area contributed by atoms with Crippen molar-refractivity contribution in [3.8, 4) is 17.6 Å². The van der Waals surface area contributed by atoms with Gasteiger partial charge < -0.3 is 14.8 Å². The standard InChI is InChI=1S/C24H21N3O5S/c1-31-23-11-10-20(33(29,30)27-14-12-17-4-2-3-5-22(17)27)16-21(23)24(28)26-18-6-8-19(9-7-18)32-15-13-25/h2-11,16H,12,14-15H2,1H3,(H,26,28). The Bertz CT molecular complexity index is 1330. The molecular formula is C24H21N3O5S. The number of amides is 1. The number of carbonyl (C=O) groups is 1. The minimum absolute atomic E-state index is 0.00500. The van der Waals surface area contributed by atoms with Gasteiger partial charge in [-0.25, -0.2) is 8.42 Å². The van der Waals surface area contributed by atoms with Crippen LogP contribution in [-0.2, 0) is 16.4 Å². The highest BCUT2D eigenvalue weighted by atomic mass is 32.2. The van der Waals surface area contributed by atoms with Crippen molar-refractivity contribution in [3.63, 3.8) is 0 Å². The van der Waals surface area contributed by atoms with Crippen molar-refractivity contribution < 1.29 is 22.7 Å². The molecule has 0 spiro atoms. The van der Waals surface area contributed by atoms with E-state index in [0.717, 1.165) is 5.56 Å². The molecule has 3 aromatic rings. The second kappa shape index (κ2) is 9.22. The number of hydrogen-bond acceptors (Lipinski definition) is 6. The highest BCUT2D eigenvalue weighted by Crippen LogP contribution is 2.34. The molecule has 0 unspecified atom stereocenters. The highest BCUT2D eigenvalue weighted by molar-refractivity contribution is 7.92.